The molecule has 1 atom stereocenters. The number of morpholine rings is 1. The number of aliphatic imine (C=N–C) groups is 1. The highest BCUT2D eigenvalue weighted by molar-refractivity contribution is 14.0. The molecule has 1 aromatic rings. The molecular weight excluding hydrogens is 519 g/mol. The predicted molar refractivity (Wildman–Crippen MR) is 132 cm³/mol. The zero-order chi connectivity index (χ0) is 21.1. The maximum absolute atomic E-state index is 11.3. The Morgan fingerprint density at radius 3 is 2.47 bits per heavy atom. The van der Waals surface area contributed by atoms with E-state index >= 15 is 0 Å². The average Bonchev–Trinajstić information content (AvgIpc) is 2.71. The lowest BCUT2D eigenvalue weighted by atomic mass is 10.0. The number of nitrogens with one attached hydrogen (secondary N) is 2. The number of halogens is 1. The third-order valence-corrected chi connectivity index (χ3v) is 5.77. The molecule has 1 aliphatic rings. The number of hydrogen-bond donors (Lipinski definition) is 2. The number of methoxy groups -OCH3 is 1. The average molecular weight is 554 g/mol. The van der Waals surface area contributed by atoms with Crippen LogP contribution in [-0.2, 0) is 14.6 Å². The van der Waals surface area contributed by atoms with Crippen molar-refractivity contribution < 1.29 is 17.9 Å². The van der Waals surface area contributed by atoms with Gasteiger partial charge in [-0.05, 0) is 31.0 Å². The molecule has 8 nitrogen and oxygen atoms in total. The minimum absolute atomic E-state index is 0. The molecule has 0 spiro atoms. The van der Waals surface area contributed by atoms with Crippen LogP contribution in [0.5, 0.6) is 5.75 Å². The molecule has 1 heterocycles. The summed E-state index contributed by atoms with van der Waals surface area (Å²) in [5.41, 5.74) is 1.18. The number of sulfone groups is 1. The summed E-state index contributed by atoms with van der Waals surface area (Å²) in [6.45, 7) is 7.08. The Kier molecular flexibility index (Phi) is 12.6. The van der Waals surface area contributed by atoms with E-state index in [1.165, 1.54) is 11.8 Å². The fourth-order valence-electron chi connectivity index (χ4n) is 3.21. The van der Waals surface area contributed by atoms with Crippen LogP contribution < -0.4 is 15.4 Å². The van der Waals surface area contributed by atoms with E-state index in [0.717, 1.165) is 38.6 Å². The summed E-state index contributed by atoms with van der Waals surface area (Å²) in [5, 5.41) is 6.47. The highest BCUT2D eigenvalue weighted by Crippen LogP contribution is 2.24. The second-order valence-electron chi connectivity index (χ2n) is 7.07. The van der Waals surface area contributed by atoms with Crippen molar-refractivity contribution in [2.24, 2.45) is 4.99 Å². The van der Waals surface area contributed by atoms with Crippen molar-refractivity contribution >= 4 is 39.8 Å². The Labute approximate surface area is 197 Å². The van der Waals surface area contributed by atoms with Crippen LogP contribution in [-0.4, -0.2) is 84.3 Å². The molecule has 10 heteroatoms. The Morgan fingerprint density at radius 1 is 1.23 bits per heavy atom. The van der Waals surface area contributed by atoms with E-state index in [9.17, 15) is 8.42 Å². The summed E-state index contributed by atoms with van der Waals surface area (Å²) < 4.78 is 33.4. The number of hydrogen-bond acceptors (Lipinski definition) is 6. The van der Waals surface area contributed by atoms with Crippen molar-refractivity contribution in [2.45, 2.75) is 19.4 Å². The van der Waals surface area contributed by atoms with Crippen molar-refractivity contribution in [3.8, 4) is 5.75 Å². The van der Waals surface area contributed by atoms with Crippen LogP contribution in [0.25, 0.3) is 0 Å². The van der Waals surface area contributed by atoms with Crippen molar-refractivity contribution in [3.05, 3.63) is 29.8 Å². The number of ether oxygens (including phenoxy) is 2. The lowest BCUT2D eigenvalue weighted by molar-refractivity contribution is 0.0179. The Bertz CT molecular complexity index is 738. The smallest absolute Gasteiger partial charge is 0.191 e. The molecule has 0 amide bonds. The monoisotopic (exact) mass is 554 g/mol. The molecule has 1 fully saturated rings. The molecule has 0 aromatic heterocycles. The van der Waals surface area contributed by atoms with Crippen LogP contribution in [0, 0.1) is 0 Å². The van der Waals surface area contributed by atoms with Crippen LogP contribution in [0.1, 0.15) is 24.9 Å². The first-order valence-electron chi connectivity index (χ1n) is 10.1. The largest absolute Gasteiger partial charge is 0.497 e. The van der Waals surface area contributed by atoms with E-state index in [4.69, 9.17) is 14.5 Å². The fourth-order valence-corrected chi connectivity index (χ4v) is 3.88. The van der Waals surface area contributed by atoms with Gasteiger partial charge in [-0.3, -0.25) is 9.89 Å². The quantitative estimate of drug-likeness (QED) is 0.197. The van der Waals surface area contributed by atoms with Gasteiger partial charge in [-0.2, -0.15) is 0 Å². The minimum Gasteiger partial charge on any atom is -0.497 e. The Morgan fingerprint density at radius 2 is 1.90 bits per heavy atom. The SMILES string of the molecule is CCNC(=NCC(c1ccc(OC)cc1)N1CCOCC1)NCCCS(C)(=O)=O.I. The lowest BCUT2D eigenvalue weighted by Crippen LogP contribution is -2.42. The Balaban J connectivity index is 0.00000450. The zero-order valence-corrected chi connectivity index (χ0v) is 21.2. The third-order valence-electron chi connectivity index (χ3n) is 4.74. The lowest BCUT2D eigenvalue weighted by Gasteiger charge is -2.34. The highest BCUT2D eigenvalue weighted by Gasteiger charge is 2.22. The van der Waals surface area contributed by atoms with Gasteiger partial charge in [0.05, 0.1) is 38.7 Å². The van der Waals surface area contributed by atoms with Crippen LogP contribution in [0.4, 0.5) is 0 Å². The Hall–Kier alpha value is -1.11. The summed E-state index contributed by atoms with van der Waals surface area (Å²) in [6.07, 6.45) is 1.81. The van der Waals surface area contributed by atoms with E-state index in [-0.39, 0.29) is 35.8 Å². The summed E-state index contributed by atoms with van der Waals surface area (Å²) >= 11 is 0. The van der Waals surface area contributed by atoms with Crippen molar-refractivity contribution in [1.82, 2.24) is 15.5 Å². The van der Waals surface area contributed by atoms with Gasteiger partial charge in [0.15, 0.2) is 5.96 Å². The van der Waals surface area contributed by atoms with Gasteiger partial charge in [-0.25, -0.2) is 8.42 Å². The summed E-state index contributed by atoms with van der Waals surface area (Å²) in [4.78, 5) is 7.16. The van der Waals surface area contributed by atoms with Gasteiger partial charge in [0.2, 0.25) is 0 Å². The maximum Gasteiger partial charge on any atom is 0.191 e. The summed E-state index contributed by atoms with van der Waals surface area (Å²) in [5.74, 6) is 1.70. The van der Waals surface area contributed by atoms with E-state index in [1.807, 2.05) is 19.1 Å². The number of rotatable bonds is 10. The van der Waals surface area contributed by atoms with Gasteiger partial charge < -0.3 is 20.1 Å². The first-order valence-corrected chi connectivity index (χ1v) is 12.1. The zero-order valence-electron chi connectivity index (χ0n) is 18.1. The van der Waals surface area contributed by atoms with Crippen LogP contribution in [0.15, 0.2) is 29.3 Å². The minimum atomic E-state index is -2.95. The van der Waals surface area contributed by atoms with Crippen molar-refractivity contribution in [2.75, 3.05) is 65.1 Å². The standard InChI is InChI=1S/C20H34N4O4S.HI/c1-4-21-20(22-10-5-15-29(3,25)26)23-16-19(24-11-13-28-14-12-24)17-6-8-18(27-2)9-7-17;/h6-9,19H,4-5,10-16H2,1-3H3,(H2,21,22,23);1H. The molecule has 0 radical (unpaired) electrons. The molecule has 1 unspecified atom stereocenters. The molecule has 1 saturated heterocycles. The van der Waals surface area contributed by atoms with E-state index < -0.39 is 9.84 Å². The molecule has 1 aromatic carbocycles. The molecule has 0 bridgehead atoms. The van der Waals surface area contributed by atoms with Crippen LogP contribution in [0.2, 0.25) is 0 Å². The molecular formula is C20H35IN4O4S. The first-order chi connectivity index (χ1) is 13.9. The van der Waals surface area contributed by atoms with Gasteiger partial charge >= 0.3 is 0 Å². The molecule has 1 aliphatic heterocycles. The molecule has 2 N–H and O–H groups in total. The fraction of sp³-hybridized carbons (Fsp3) is 0.650. The van der Waals surface area contributed by atoms with Gasteiger partial charge in [-0.1, -0.05) is 12.1 Å². The number of benzene rings is 1. The first kappa shape index (κ1) is 26.9. The second kappa shape index (κ2) is 14.0. The molecule has 0 aliphatic carbocycles. The topological polar surface area (TPSA) is 92.3 Å². The highest BCUT2D eigenvalue weighted by atomic mass is 127. The van der Waals surface area contributed by atoms with E-state index in [1.54, 1.807) is 7.11 Å². The molecule has 172 valence electrons. The number of guanidine groups is 1. The second-order valence-corrected chi connectivity index (χ2v) is 9.33. The van der Waals surface area contributed by atoms with E-state index in [2.05, 4.69) is 27.7 Å². The molecule has 2 rings (SSSR count). The van der Waals surface area contributed by atoms with Crippen molar-refractivity contribution in [1.29, 1.82) is 0 Å². The van der Waals surface area contributed by atoms with Crippen LogP contribution >= 0.6 is 24.0 Å². The third kappa shape index (κ3) is 9.80. The molecule has 0 saturated carbocycles. The summed E-state index contributed by atoms with van der Waals surface area (Å²) in [6, 6.07) is 8.25. The van der Waals surface area contributed by atoms with Gasteiger partial charge in [0.1, 0.15) is 15.6 Å². The van der Waals surface area contributed by atoms with Gasteiger partial charge in [0, 0.05) is 32.4 Å². The number of nitrogens with zero attached hydrogens (tertiary/aromatic N) is 2. The van der Waals surface area contributed by atoms with Gasteiger partial charge in [0.25, 0.3) is 0 Å². The predicted octanol–water partition coefficient (Wildman–Crippen LogP) is 1.68. The normalized spacial score (nSPS) is 16.4. The van der Waals surface area contributed by atoms with Crippen molar-refractivity contribution in [3.63, 3.8) is 0 Å². The van der Waals surface area contributed by atoms with E-state index in [0.29, 0.717) is 25.5 Å². The van der Waals surface area contributed by atoms with Crippen LogP contribution in [0.3, 0.4) is 0 Å². The maximum atomic E-state index is 11.3. The van der Waals surface area contributed by atoms with Gasteiger partial charge in [-0.15, -0.1) is 24.0 Å². The molecule has 30 heavy (non-hydrogen) atoms. The summed E-state index contributed by atoms with van der Waals surface area (Å²) in [7, 11) is -1.28.